The Kier molecular flexibility index (Phi) is 4.01. The second-order valence-electron chi connectivity index (χ2n) is 5.22. The molecule has 3 rings (SSSR count). The SMILES string of the molecule is COc1ccccc1-c1ccc(=O)n(CN2CCCC2)n1. The number of hydrogen-bond donors (Lipinski definition) is 0. The second kappa shape index (κ2) is 6.10. The van der Waals surface area contributed by atoms with Gasteiger partial charge in [-0.05, 0) is 44.1 Å². The molecular formula is C16H19N3O2. The van der Waals surface area contributed by atoms with Crippen LogP contribution in [0.1, 0.15) is 12.8 Å². The number of rotatable bonds is 4. The van der Waals surface area contributed by atoms with Gasteiger partial charge in [0.15, 0.2) is 0 Å². The van der Waals surface area contributed by atoms with E-state index in [0.717, 1.165) is 30.1 Å². The van der Waals surface area contributed by atoms with E-state index in [1.54, 1.807) is 19.2 Å². The van der Waals surface area contributed by atoms with E-state index >= 15 is 0 Å². The Balaban J connectivity index is 1.94. The van der Waals surface area contributed by atoms with E-state index in [-0.39, 0.29) is 5.56 Å². The van der Waals surface area contributed by atoms with Crippen LogP contribution in [0.2, 0.25) is 0 Å². The van der Waals surface area contributed by atoms with Crippen molar-refractivity contribution in [1.29, 1.82) is 0 Å². The molecule has 0 N–H and O–H groups in total. The van der Waals surface area contributed by atoms with Crippen molar-refractivity contribution < 1.29 is 4.74 Å². The van der Waals surface area contributed by atoms with Gasteiger partial charge in [-0.3, -0.25) is 9.69 Å². The Hall–Kier alpha value is -2.14. The van der Waals surface area contributed by atoms with Gasteiger partial charge in [0.25, 0.3) is 5.56 Å². The van der Waals surface area contributed by atoms with E-state index in [9.17, 15) is 4.79 Å². The van der Waals surface area contributed by atoms with Gasteiger partial charge in [-0.1, -0.05) is 12.1 Å². The van der Waals surface area contributed by atoms with Crippen LogP contribution in [0.4, 0.5) is 0 Å². The Morgan fingerprint density at radius 1 is 1.14 bits per heavy atom. The van der Waals surface area contributed by atoms with E-state index in [4.69, 9.17) is 4.74 Å². The fraction of sp³-hybridized carbons (Fsp3) is 0.375. The summed E-state index contributed by atoms with van der Waals surface area (Å²) in [7, 11) is 1.64. The van der Waals surface area contributed by atoms with Crippen LogP contribution in [-0.2, 0) is 6.67 Å². The lowest BCUT2D eigenvalue weighted by Gasteiger charge is -2.16. The molecule has 0 saturated carbocycles. The average molecular weight is 285 g/mol. The minimum atomic E-state index is -0.0689. The highest BCUT2D eigenvalue weighted by Gasteiger charge is 2.14. The minimum Gasteiger partial charge on any atom is -0.496 e. The molecule has 1 fully saturated rings. The summed E-state index contributed by atoms with van der Waals surface area (Å²) in [6.07, 6.45) is 2.39. The third kappa shape index (κ3) is 2.97. The maximum absolute atomic E-state index is 12.0. The minimum absolute atomic E-state index is 0.0689. The van der Waals surface area contributed by atoms with E-state index in [1.807, 2.05) is 24.3 Å². The molecular weight excluding hydrogens is 266 g/mol. The summed E-state index contributed by atoms with van der Waals surface area (Å²) >= 11 is 0. The highest BCUT2D eigenvalue weighted by atomic mass is 16.5. The molecule has 21 heavy (non-hydrogen) atoms. The number of methoxy groups -OCH3 is 1. The summed E-state index contributed by atoms with van der Waals surface area (Å²) in [5.41, 5.74) is 1.59. The van der Waals surface area contributed by atoms with Crippen LogP contribution < -0.4 is 10.3 Å². The Bertz CT molecular complexity index is 675. The number of likely N-dealkylation sites (tertiary alicyclic amines) is 1. The van der Waals surface area contributed by atoms with Gasteiger partial charge in [-0.15, -0.1) is 0 Å². The van der Waals surface area contributed by atoms with E-state index in [0.29, 0.717) is 6.67 Å². The summed E-state index contributed by atoms with van der Waals surface area (Å²) in [5.74, 6) is 0.761. The van der Waals surface area contributed by atoms with Crippen molar-refractivity contribution in [3.63, 3.8) is 0 Å². The maximum atomic E-state index is 12.0. The number of aromatic nitrogens is 2. The summed E-state index contributed by atoms with van der Waals surface area (Å²) in [6, 6.07) is 11.0. The first-order chi connectivity index (χ1) is 10.3. The fourth-order valence-corrected chi connectivity index (χ4v) is 2.66. The zero-order valence-electron chi connectivity index (χ0n) is 12.2. The Labute approximate surface area is 123 Å². The summed E-state index contributed by atoms with van der Waals surface area (Å²) in [4.78, 5) is 14.2. The number of nitrogens with zero attached hydrogens (tertiary/aromatic N) is 3. The zero-order chi connectivity index (χ0) is 14.7. The number of benzene rings is 1. The summed E-state index contributed by atoms with van der Waals surface area (Å²) < 4.78 is 6.90. The molecule has 1 aliphatic rings. The van der Waals surface area contributed by atoms with Crippen LogP contribution in [0, 0.1) is 0 Å². The summed E-state index contributed by atoms with van der Waals surface area (Å²) in [6.45, 7) is 2.63. The monoisotopic (exact) mass is 285 g/mol. The third-order valence-electron chi connectivity index (χ3n) is 3.78. The van der Waals surface area contributed by atoms with Crippen molar-refractivity contribution in [2.45, 2.75) is 19.5 Å². The van der Waals surface area contributed by atoms with Crippen LogP contribution in [-0.4, -0.2) is 34.9 Å². The van der Waals surface area contributed by atoms with Crippen molar-refractivity contribution in [2.24, 2.45) is 0 Å². The van der Waals surface area contributed by atoms with Crippen LogP contribution >= 0.6 is 0 Å². The van der Waals surface area contributed by atoms with Crippen molar-refractivity contribution in [2.75, 3.05) is 20.2 Å². The number of ether oxygens (including phenoxy) is 1. The third-order valence-corrected chi connectivity index (χ3v) is 3.78. The molecule has 5 nitrogen and oxygen atoms in total. The Morgan fingerprint density at radius 3 is 2.67 bits per heavy atom. The summed E-state index contributed by atoms with van der Waals surface area (Å²) in [5, 5.41) is 4.50. The number of hydrogen-bond acceptors (Lipinski definition) is 4. The van der Waals surface area contributed by atoms with Crippen molar-refractivity contribution in [3.8, 4) is 17.0 Å². The first-order valence-corrected chi connectivity index (χ1v) is 7.22. The molecule has 1 saturated heterocycles. The van der Waals surface area contributed by atoms with E-state index < -0.39 is 0 Å². The molecule has 110 valence electrons. The molecule has 0 bridgehead atoms. The molecule has 0 atom stereocenters. The normalized spacial score (nSPS) is 15.3. The van der Waals surface area contributed by atoms with Gasteiger partial charge in [0.2, 0.25) is 0 Å². The first kappa shape index (κ1) is 13.8. The highest BCUT2D eigenvalue weighted by molar-refractivity contribution is 5.66. The van der Waals surface area contributed by atoms with Crippen LogP contribution in [0.15, 0.2) is 41.2 Å². The van der Waals surface area contributed by atoms with Gasteiger partial charge in [-0.2, -0.15) is 5.10 Å². The highest BCUT2D eigenvalue weighted by Crippen LogP contribution is 2.27. The Morgan fingerprint density at radius 2 is 1.90 bits per heavy atom. The predicted octanol–water partition coefficient (Wildman–Crippen LogP) is 1.97. The maximum Gasteiger partial charge on any atom is 0.268 e. The molecule has 0 amide bonds. The molecule has 2 heterocycles. The average Bonchev–Trinajstić information content (AvgIpc) is 3.02. The van der Waals surface area contributed by atoms with Crippen LogP contribution in [0.5, 0.6) is 5.75 Å². The number of para-hydroxylation sites is 1. The lowest BCUT2D eigenvalue weighted by molar-refractivity contribution is 0.249. The topological polar surface area (TPSA) is 47.4 Å². The van der Waals surface area contributed by atoms with Crippen molar-refractivity contribution in [3.05, 3.63) is 46.8 Å². The molecule has 0 unspecified atom stereocenters. The van der Waals surface area contributed by atoms with Gasteiger partial charge in [0.05, 0.1) is 19.5 Å². The van der Waals surface area contributed by atoms with E-state index in [1.165, 1.54) is 17.5 Å². The first-order valence-electron chi connectivity index (χ1n) is 7.22. The predicted molar refractivity (Wildman–Crippen MR) is 81.3 cm³/mol. The van der Waals surface area contributed by atoms with Crippen molar-refractivity contribution >= 4 is 0 Å². The molecule has 0 aliphatic carbocycles. The molecule has 1 aromatic carbocycles. The molecule has 0 spiro atoms. The molecule has 1 aliphatic heterocycles. The van der Waals surface area contributed by atoms with Gasteiger partial charge in [0.1, 0.15) is 5.75 Å². The molecule has 5 heteroatoms. The second-order valence-corrected chi connectivity index (χ2v) is 5.22. The lowest BCUT2D eigenvalue weighted by atomic mass is 10.1. The lowest BCUT2D eigenvalue weighted by Crippen LogP contribution is -2.32. The fourth-order valence-electron chi connectivity index (χ4n) is 2.66. The van der Waals surface area contributed by atoms with Crippen LogP contribution in [0.25, 0.3) is 11.3 Å². The molecule has 0 radical (unpaired) electrons. The van der Waals surface area contributed by atoms with Gasteiger partial charge >= 0.3 is 0 Å². The van der Waals surface area contributed by atoms with Crippen molar-refractivity contribution in [1.82, 2.24) is 14.7 Å². The van der Waals surface area contributed by atoms with Gasteiger partial charge < -0.3 is 4.74 Å². The standard InChI is InChI=1S/C16H19N3O2/c1-21-15-7-3-2-6-13(15)14-8-9-16(20)19(17-14)12-18-10-4-5-11-18/h2-3,6-9H,4-5,10-12H2,1H3. The molecule has 1 aromatic heterocycles. The zero-order valence-corrected chi connectivity index (χ0v) is 12.2. The van der Waals surface area contributed by atoms with Crippen LogP contribution in [0.3, 0.4) is 0 Å². The van der Waals surface area contributed by atoms with Gasteiger partial charge in [0, 0.05) is 11.6 Å². The quantitative estimate of drug-likeness (QED) is 0.861. The largest absolute Gasteiger partial charge is 0.496 e. The smallest absolute Gasteiger partial charge is 0.268 e. The van der Waals surface area contributed by atoms with Gasteiger partial charge in [-0.25, -0.2) is 4.68 Å². The molecule has 2 aromatic rings. The van der Waals surface area contributed by atoms with E-state index in [2.05, 4.69) is 10.00 Å².